The number of hydrogen-bond donors (Lipinski definition) is 1. The highest BCUT2D eigenvalue weighted by atomic mass is 79.9. The lowest BCUT2D eigenvalue weighted by Crippen LogP contribution is -2.43. The van der Waals surface area contributed by atoms with Crippen LogP contribution in [0, 0.1) is 5.92 Å². The smallest absolute Gasteiger partial charge is 0.253 e. The molecule has 1 N–H and O–H groups in total. The van der Waals surface area contributed by atoms with Crippen molar-refractivity contribution in [3.63, 3.8) is 0 Å². The quantitative estimate of drug-likeness (QED) is 0.914. The van der Waals surface area contributed by atoms with Gasteiger partial charge < -0.3 is 14.6 Å². The average Bonchev–Trinajstić information content (AvgIpc) is 3.14. The number of fused-ring (bicyclic) bond motifs is 3. The molecule has 0 radical (unpaired) electrons. The molecule has 0 spiro atoms. The van der Waals surface area contributed by atoms with Gasteiger partial charge in [-0.1, -0.05) is 0 Å². The van der Waals surface area contributed by atoms with Crippen molar-refractivity contribution >= 4 is 27.4 Å². The maximum atomic E-state index is 12.4. The summed E-state index contributed by atoms with van der Waals surface area (Å²) in [6.45, 7) is 3.35. The lowest BCUT2D eigenvalue weighted by atomic mass is 10.00. The largest absolute Gasteiger partial charge is 0.348 e. The zero-order chi connectivity index (χ0) is 13.7. The summed E-state index contributed by atoms with van der Waals surface area (Å²) in [7, 11) is 0. The van der Waals surface area contributed by atoms with Crippen molar-refractivity contribution in [2.24, 2.45) is 5.92 Å². The number of pyridine rings is 1. The molecule has 2 fully saturated rings. The zero-order valence-electron chi connectivity index (χ0n) is 11.1. The maximum absolute atomic E-state index is 12.4. The molecule has 20 heavy (non-hydrogen) atoms. The van der Waals surface area contributed by atoms with Crippen LogP contribution in [0.1, 0.15) is 16.8 Å². The number of carbonyl (C=O) groups excluding carboxylic acids is 1. The summed E-state index contributed by atoms with van der Waals surface area (Å²) in [4.78, 5) is 14.8. The molecular weight excluding hydrogens is 318 g/mol. The highest BCUT2D eigenvalue weighted by Crippen LogP contribution is 2.28. The average molecular weight is 334 g/mol. The normalized spacial score (nSPS) is 28.1. The molecule has 4 heterocycles. The number of piperidine rings is 1. The summed E-state index contributed by atoms with van der Waals surface area (Å²) in [6, 6.07) is 6.18. The predicted molar refractivity (Wildman–Crippen MR) is 80.9 cm³/mol. The van der Waals surface area contributed by atoms with E-state index in [-0.39, 0.29) is 5.91 Å². The summed E-state index contributed by atoms with van der Waals surface area (Å²) in [5.41, 5.74) is 1.80. The number of aromatic nitrogens is 1. The summed E-state index contributed by atoms with van der Waals surface area (Å²) in [5.74, 6) is 0.680. The number of amides is 1. The summed E-state index contributed by atoms with van der Waals surface area (Å²) in [6.07, 6.45) is 5.07. The first kappa shape index (κ1) is 12.4. The van der Waals surface area contributed by atoms with E-state index in [4.69, 9.17) is 0 Å². The van der Waals surface area contributed by atoms with Crippen LogP contribution >= 0.6 is 15.9 Å². The second kappa shape index (κ2) is 4.60. The Morgan fingerprint density at radius 2 is 2.20 bits per heavy atom. The first-order valence-corrected chi connectivity index (χ1v) is 7.79. The van der Waals surface area contributed by atoms with Crippen LogP contribution in [-0.2, 0) is 0 Å². The van der Waals surface area contributed by atoms with Gasteiger partial charge in [-0.3, -0.25) is 4.79 Å². The Balaban J connectivity index is 1.54. The molecule has 0 aromatic carbocycles. The Labute approximate surface area is 125 Å². The van der Waals surface area contributed by atoms with E-state index in [0.29, 0.717) is 12.0 Å². The SMILES string of the molecule is O=C(NC1CN2CCC1C2)c1ccc2c(Br)ccn2c1. The third-order valence-electron chi connectivity index (χ3n) is 4.51. The standard InChI is InChI=1S/C15H16BrN3O/c16-12-4-6-19-8-11(1-2-14(12)19)15(20)17-13-9-18-5-3-10(13)7-18/h1-2,4,6,8,10,13H,3,5,7,9H2,(H,17,20). The number of nitrogens with one attached hydrogen (secondary N) is 1. The first-order valence-electron chi connectivity index (χ1n) is 7.00. The molecule has 4 rings (SSSR count). The molecule has 3 atom stereocenters. The van der Waals surface area contributed by atoms with E-state index in [1.807, 2.05) is 35.0 Å². The summed E-state index contributed by atoms with van der Waals surface area (Å²) in [5, 5.41) is 3.19. The van der Waals surface area contributed by atoms with Crippen LogP contribution < -0.4 is 5.32 Å². The Morgan fingerprint density at radius 1 is 1.30 bits per heavy atom. The molecule has 2 aliphatic rings. The number of carbonyl (C=O) groups is 1. The third-order valence-corrected chi connectivity index (χ3v) is 5.19. The Kier molecular flexibility index (Phi) is 2.86. The minimum absolute atomic E-state index is 0.0375. The van der Waals surface area contributed by atoms with Crippen LogP contribution in [0.3, 0.4) is 0 Å². The topological polar surface area (TPSA) is 36.8 Å². The van der Waals surface area contributed by atoms with E-state index in [1.54, 1.807) is 0 Å². The second-order valence-corrected chi connectivity index (χ2v) is 6.62. The number of hydrogen-bond acceptors (Lipinski definition) is 2. The molecule has 3 unspecified atom stereocenters. The van der Waals surface area contributed by atoms with Crippen LogP contribution in [0.4, 0.5) is 0 Å². The predicted octanol–water partition coefficient (Wildman–Crippen LogP) is 2.14. The van der Waals surface area contributed by atoms with Crippen molar-refractivity contribution in [2.75, 3.05) is 19.6 Å². The minimum Gasteiger partial charge on any atom is -0.348 e. The van der Waals surface area contributed by atoms with Gasteiger partial charge in [0.2, 0.25) is 0 Å². The molecule has 2 aromatic rings. The zero-order valence-corrected chi connectivity index (χ0v) is 12.6. The highest BCUT2D eigenvalue weighted by molar-refractivity contribution is 9.10. The molecule has 5 heteroatoms. The molecule has 104 valence electrons. The van der Waals surface area contributed by atoms with E-state index in [9.17, 15) is 4.79 Å². The van der Waals surface area contributed by atoms with Crippen molar-refractivity contribution in [3.05, 3.63) is 40.6 Å². The van der Waals surface area contributed by atoms with Gasteiger partial charge in [0.15, 0.2) is 0 Å². The van der Waals surface area contributed by atoms with Crippen molar-refractivity contribution < 1.29 is 4.79 Å². The Morgan fingerprint density at radius 3 is 2.95 bits per heavy atom. The van der Waals surface area contributed by atoms with Gasteiger partial charge in [-0.25, -0.2) is 0 Å². The van der Waals surface area contributed by atoms with Gasteiger partial charge in [0, 0.05) is 36.0 Å². The van der Waals surface area contributed by atoms with E-state index in [2.05, 4.69) is 26.1 Å². The monoisotopic (exact) mass is 333 g/mol. The van der Waals surface area contributed by atoms with Crippen LogP contribution in [0.5, 0.6) is 0 Å². The molecule has 1 amide bonds. The first-order chi connectivity index (χ1) is 9.70. The lowest BCUT2D eigenvalue weighted by Gasteiger charge is -2.23. The summed E-state index contributed by atoms with van der Waals surface area (Å²) < 4.78 is 3.02. The van der Waals surface area contributed by atoms with Crippen LogP contribution in [0.25, 0.3) is 5.52 Å². The molecule has 2 aromatic heterocycles. The van der Waals surface area contributed by atoms with Crippen molar-refractivity contribution in [1.29, 1.82) is 0 Å². The van der Waals surface area contributed by atoms with Crippen molar-refractivity contribution in [3.8, 4) is 0 Å². The Hall–Kier alpha value is -1.33. The van der Waals surface area contributed by atoms with E-state index in [1.165, 1.54) is 13.0 Å². The van der Waals surface area contributed by atoms with Gasteiger partial charge in [0.1, 0.15) is 0 Å². The molecule has 0 saturated carbocycles. The number of rotatable bonds is 2. The molecule has 2 aliphatic heterocycles. The lowest BCUT2D eigenvalue weighted by molar-refractivity contribution is 0.0924. The van der Waals surface area contributed by atoms with E-state index >= 15 is 0 Å². The van der Waals surface area contributed by atoms with E-state index < -0.39 is 0 Å². The second-order valence-electron chi connectivity index (χ2n) is 5.76. The van der Waals surface area contributed by atoms with Gasteiger partial charge >= 0.3 is 0 Å². The number of halogens is 1. The Bertz CT molecular complexity index is 681. The molecule has 2 bridgehead atoms. The summed E-state index contributed by atoms with van der Waals surface area (Å²) >= 11 is 3.49. The molecule has 2 saturated heterocycles. The molecule has 4 nitrogen and oxygen atoms in total. The van der Waals surface area contributed by atoms with Gasteiger partial charge in [0.05, 0.1) is 11.1 Å². The fourth-order valence-electron chi connectivity index (χ4n) is 3.41. The fraction of sp³-hybridized carbons (Fsp3) is 0.400. The third kappa shape index (κ3) is 1.96. The molecular formula is C15H16BrN3O. The van der Waals surface area contributed by atoms with Crippen molar-refractivity contribution in [1.82, 2.24) is 14.6 Å². The van der Waals surface area contributed by atoms with Gasteiger partial charge in [-0.15, -0.1) is 0 Å². The maximum Gasteiger partial charge on any atom is 0.253 e. The minimum atomic E-state index is 0.0375. The van der Waals surface area contributed by atoms with Crippen LogP contribution in [0.15, 0.2) is 35.1 Å². The van der Waals surface area contributed by atoms with Crippen LogP contribution in [0.2, 0.25) is 0 Å². The number of nitrogens with zero attached hydrogens (tertiary/aromatic N) is 2. The highest BCUT2D eigenvalue weighted by Gasteiger charge is 2.38. The van der Waals surface area contributed by atoms with Crippen molar-refractivity contribution in [2.45, 2.75) is 12.5 Å². The van der Waals surface area contributed by atoms with Gasteiger partial charge in [0.25, 0.3) is 5.91 Å². The van der Waals surface area contributed by atoms with Gasteiger partial charge in [-0.2, -0.15) is 0 Å². The van der Waals surface area contributed by atoms with Gasteiger partial charge in [-0.05, 0) is 53.0 Å². The van der Waals surface area contributed by atoms with E-state index in [0.717, 1.165) is 28.6 Å². The fourth-order valence-corrected chi connectivity index (χ4v) is 3.86. The molecule has 0 aliphatic carbocycles. The van der Waals surface area contributed by atoms with Crippen LogP contribution in [-0.4, -0.2) is 40.9 Å².